The minimum absolute atomic E-state index is 0.154. The predicted molar refractivity (Wildman–Crippen MR) is 120 cm³/mol. The smallest absolute Gasteiger partial charge is 0.221 e. The van der Waals surface area contributed by atoms with Gasteiger partial charge in [-0.15, -0.1) is 0 Å². The molecule has 0 spiro atoms. The molecule has 1 amide bonds. The zero-order valence-electron chi connectivity index (χ0n) is 16.5. The minimum atomic E-state index is -0.397. The molecule has 4 aromatic rings. The number of aromatic nitrogens is 2. The second-order valence-corrected chi connectivity index (χ2v) is 8.08. The van der Waals surface area contributed by atoms with E-state index in [1.54, 1.807) is 12.1 Å². The standard InChI is InChI=1S/C24H21BrFN3O/c1-29-21-10-6-5-9-20(21)27-24(29)23(17-7-3-2-4-8-17)28-22(30)14-12-16-11-13-18(25)15-19(16)26/h2-11,13,15,23H,12,14H2,1H3,(H,28,30). The fraction of sp³-hybridized carbons (Fsp3) is 0.167. The van der Waals surface area contributed by atoms with Crippen LogP contribution in [0, 0.1) is 5.82 Å². The molecule has 3 aromatic carbocycles. The molecule has 6 heteroatoms. The van der Waals surface area contributed by atoms with Gasteiger partial charge in [0.05, 0.1) is 11.0 Å². The van der Waals surface area contributed by atoms with Crippen molar-refractivity contribution in [3.63, 3.8) is 0 Å². The fourth-order valence-electron chi connectivity index (χ4n) is 3.57. The first-order valence-electron chi connectivity index (χ1n) is 9.72. The van der Waals surface area contributed by atoms with Gasteiger partial charge in [0.2, 0.25) is 5.91 Å². The van der Waals surface area contributed by atoms with Crippen LogP contribution in [0.4, 0.5) is 4.39 Å². The second-order valence-electron chi connectivity index (χ2n) is 7.16. The third-order valence-electron chi connectivity index (χ3n) is 5.15. The van der Waals surface area contributed by atoms with Crippen LogP contribution in [-0.2, 0) is 18.3 Å². The highest BCUT2D eigenvalue weighted by molar-refractivity contribution is 9.10. The number of amides is 1. The number of para-hydroxylation sites is 2. The van der Waals surface area contributed by atoms with Crippen LogP contribution >= 0.6 is 15.9 Å². The van der Waals surface area contributed by atoms with E-state index >= 15 is 0 Å². The summed E-state index contributed by atoms with van der Waals surface area (Å²) in [6.45, 7) is 0. The number of halogens is 2. The molecule has 1 atom stereocenters. The van der Waals surface area contributed by atoms with Crippen molar-refractivity contribution in [3.8, 4) is 0 Å². The minimum Gasteiger partial charge on any atom is -0.342 e. The quantitative estimate of drug-likeness (QED) is 0.419. The van der Waals surface area contributed by atoms with Crippen molar-refractivity contribution in [1.29, 1.82) is 0 Å². The highest BCUT2D eigenvalue weighted by atomic mass is 79.9. The summed E-state index contributed by atoms with van der Waals surface area (Å²) >= 11 is 3.25. The van der Waals surface area contributed by atoms with E-state index in [0.717, 1.165) is 22.4 Å². The Morgan fingerprint density at radius 1 is 1.10 bits per heavy atom. The number of nitrogens with zero attached hydrogens (tertiary/aromatic N) is 2. The molecule has 152 valence electrons. The first-order valence-corrected chi connectivity index (χ1v) is 10.5. The van der Waals surface area contributed by atoms with Crippen LogP contribution in [0.5, 0.6) is 0 Å². The molecule has 0 fully saturated rings. The van der Waals surface area contributed by atoms with Gasteiger partial charge < -0.3 is 9.88 Å². The van der Waals surface area contributed by atoms with Gasteiger partial charge in [-0.1, -0.05) is 64.5 Å². The lowest BCUT2D eigenvalue weighted by Crippen LogP contribution is -2.31. The van der Waals surface area contributed by atoms with E-state index in [2.05, 4.69) is 21.2 Å². The van der Waals surface area contributed by atoms with Crippen LogP contribution in [0.15, 0.2) is 77.3 Å². The molecule has 1 unspecified atom stereocenters. The second kappa shape index (κ2) is 8.79. The van der Waals surface area contributed by atoms with Crippen molar-refractivity contribution < 1.29 is 9.18 Å². The normalized spacial score (nSPS) is 12.1. The summed E-state index contributed by atoms with van der Waals surface area (Å²) in [5.41, 5.74) is 3.34. The topological polar surface area (TPSA) is 46.9 Å². The highest BCUT2D eigenvalue weighted by Gasteiger charge is 2.22. The number of imidazole rings is 1. The molecule has 1 aromatic heterocycles. The van der Waals surface area contributed by atoms with Gasteiger partial charge in [-0.05, 0) is 41.8 Å². The zero-order chi connectivity index (χ0) is 21.1. The van der Waals surface area contributed by atoms with Crippen LogP contribution in [0.2, 0.25) is 0 Å². The van der Waals surface area contributed by atoms with Crippen LogP contribution < -0.4 is 5.32 Å². The van der Waals surface area contributed by atoms with E-state index in [-0.39, 0.29) is 18.1 Å². The van der Waals surface area contributed by atoms with E-state index in [0.29, 0.717) is 16.5 Å². The van der Waals surface area contributed by atoms with Gasteiger partial charge in [0.15, 0.2) is 0 Å². The molecular formula is C24H21BrFN3O. The molecule has 0 bridgehead atoms. The van der Waals surface area contributed by atoms with Crippen molar-refractivity contribution in [2.45, 2.75) is 18.9 Å². The monoisotopic (exact) mass is 465 g/mol. The Balaban J connectivity index is 1.59. The van der Waals surface area contributed by atoms with Gasteiger partial charge in [0.1, 0.15) is 17.7 Å². The lowest BCUT2D eigenvalue weighted by Gasteiger charge is -2.19. The Bertz CT molecular complexity index is 1190. The Kier molecular flexibility index (Phi) is 5.95. The largest absolute Gasteiger partial charge is 0.342 e. The Morgan fingerprint density at radius 2 is 1.83 bits per heavy atom. The van der Waals surface area contributed by atoms with Crippen LogP contribution in [0.25, 0.3) is 11.0 Å². The first-order chi connectivity index (χ1) is 14.5. The molecule has 0 aliphatic carbocycles. The number of aryl methyl sites for hydroxylation is 2. The van der Waals surface area contributed by atoms with Crippen LogP contribution in [0.3, 0.4) is 0 Å². The predicted octanol–water partition coefficient (Wildman–Crippen LogP) is 5.31. The van der Waals surface area contributed by atoms with Crippen molar-refractivity contribution in [3.05, 3.63) is 100 Å². The third-order valence-corrected chi connectivity index (χ3v) is 5.65. The number of hydrogen-bond donors (Lipinski definition) is 1. The molecule has 4 nitrogen and oxygen atoms in total. The molecule has 0 aliphatic rings. The first kappa shape index (κ1) is 20.3. The number of benzene rings is 3. The van der Waals surface area contributed by atoms with Gasteiger partial charge in [-0.3, -0.25) is 4.79 Å². The Morgan fingerprint density at radius 3 is 2.57 bits per heavy atom. The Hall–Kier alpha value is -2.99. The number of nitrogens with one attached hydrogen (secondary N) is 1. The summed E-state index contributed by atoms with van der Waals surface area (Å²) in [5.74, 6) is 0.288. The molecule has 0 aliphatic heterocycles. The lowest BCUT2D eigenvalue weighted by molar-refractivity contribution is -0.121. The summed E-state index contributed by atoms with van der Waals surface area (Å²) in [4.78, 5) is 17.6. The average molecular weight is 466 g/mol. The number of carbonyl (C=O) groups is 1. The van der Waals surface area contributed by atoms with E-state index in [9.17, 15) is 9.18 Å². The Labute approximate surface area is 182 Å². The van der Waals surface area contributed by atoms with Crippen molar-refractivity contribution in [1.82, 2.24) is 14.9 Å². The third kappa shape index (κ3) is 4.28. The van der Waals surface area contributed by atoms with E-state index in [1.165, 1.54) is 6.07 Å². The summed E-state index contributed by atoms with van der Waals surface area (Å²) in [6.07, 6.45) is 0.515. The summed E-state index contributed by atoms with van der Waals surface area (Å²) < 4.78 is 16.8. The summed E-state index contributed by atoms with van der Waals surface area (Å²) in [6, 6.07) is 22.1. The van der Waals surface area contributed by atoms with Gasteiger partial charge in [0.25, 0.3) is 0 Å². The SMILES string of the molecule is Cn1c(C(NC(=O)CCc2ccc(Br)cc2F)c2ccccc2)nc2ccccc21. The van der Waals surface area contributed by atoms with E-state index < -0.39 is 6.04 Å². The molecule has 4 rings (SSSR count). The summed E-state index contributed by atoms with van der Waals surface area (Å²) in [5, 5.41) is 3.10. The molecule has 0 radical (unpaired) electrons. The molecule has 1 N–H and O–H groups in total. The van der Waals surface area contributed by atoms with Crippen LogP contribution in [-0.4, -0.2) is 15.5 Å². The lowest BCUT2D eigenvalue weighted by atomic mass is 10.0. The molecule has 0 saturated heterocycles. The van der Waals surface area contributed by atoms with Crippen molar-refractivity contribution in [2.75, 3.05) is 0 Å². The van der Waals surface area contributed by atoms with Crippen molar-refractivity contribution >= 4 is 32.9 Å². The maximum absolute atomic E-state index is 14.1. The molecule has 30 heavy (non-hydrogen) atoms. The van der Waals surface area contributed by atoms with Gasteiger partial charge in [-0.25, -0.2) is 9.37 Å². The molecular weight excluding hydrogens is 445 g/mol. The number of rotatable bonds is 6. The van der Waals surface area contributed by atoms with Gasteiger partial charge in [-0.2, -0.15) is 0 Å². The van der Waals surface area contributed by atoms with Gasteiger partial charge >= 0.3 is 0 Å². The van der Waals surface area contributed by atoms with Crippen LogP contribution in [0.1, 0.15) is 29.4 Å². The molecule has 0 saturated carbocycles. The van der Waals surface area contributed by atoms with Crippen molar-refractivity contribution in [2.24, 2.45) is 7.05 Å². The zero-order valence-corrected chi connectivity index (χ0v) is 18.1. The van der Waals surface area contributed by atoms with E-state index in [4.69, 9.17) is 4.98 Å². The number of carbonyl (C=O) groups excluding carboxylic acids is 1. The van der Waals surface area contributed by atoms with E-state index in [1.807, 2.05) is 66.2 Å². The maximum atomic E-state index is 14.1. The average Bonchev–Trinajstić information content (AvgIpc) is 3.08. The maximum Gasteiger partial charge on any atom is 0.221 e. The number of fused-ring (bicyclic) bond motifs is 1. The highest BCUT2D eigenvalue weighted by Crippen LogP contribution is 2.25. The summed E-state index contributed by atoms with van der Waals surface area (Å²) in [7, 11) is 1.95. The number of hydrogen-bond acceptors (Lipinski definition) is 2. The van der Waals surface area contributed by atoms with Gasteiger partial charge in [0, 0.05) is 17.9 Å². The molecule has 1 heterocycles. The fourth-order valence-corrected chi connectivity index (χ4v) is 3.90.